The van der Waals surface area contributed by atoms with E-state index in [1.165, 1.54) is 24.1 Å². The van der Waals surface area contributed by atoms with Crippen molar-refractivity contribution in [1.29, 1.82) is 0 Å². The smallest absolute Gasteiger partial charge is 0.251 e. The highest BCUT2D eigenvalue weighted by molar-refractivity contribution is 5.94. The normalized spacial score (nSPS) is 21.3. The molecule has 0 unspecified atom stereocenters. The van der Waals surface area contributed by atoms with Crippen LogP contribution in [0.2, 0.25) is 0 Å². The molecular weight excluding hydrogens is 418 g/mol. The van der Waals surface area contributed by atoms with Crippen LogP contribution in [0.1, 0.15) is 60.1 Å². The largest absolute Gasteiger partial charge is 0.454 e. The Labute approximate surface area is 195 Å². The second-order valence-corrected chi connectivity index (χ2v) is 9.54. The number of aryl methyl sites for hydroxylation is 1. The second-order valence-electron chi connectivity index (χ2n) is 9.54. The zero-order chi connectivity index (χ0) is 22.8. The summed E-state index contributed by atoms with van der Waals surface area (Å²) in [5, 5.41) is 6.69. The third-order valence-corrected chi connectivity index (χ3v) is 6.95. The summed E-state index contributed by atoms with van der Waals surface area (Å²) in [5.41, 5.74) is 3.14. The SMILES string of the molecule is CN(C)c1nc(N[C@H]2CC[C@@H](CNC(=O)c3ccc4c(c3)OCO4)CC2)nc2c1CCCC2. The van der Waals surface area contributed by atoms with Crippen molar-refractivity contribution in [3.05, 3.63) is 35.0 Å². The number of rotatable bonds is 6. The number of nitrogens with zero attached hydrogens (tertiary/aromatic N) is 3. The predicted molar refractivity (Wildman–Crippen MR) is 127 cm³/mol. The minimum absolute atomic E-state index is 0.0628. The minimum atomic E-state index is -0.0628. The third kappa shape index (κ3) is 4.84. The van der Waals surface area contributed by atoms with Gasteiger partial charge < -0.3 is 25.0 Å². The van der Waals surface area contributed by atoms with Crippen LogP contribution in [0.4, 0.5) is 11.8 Å². The van der Waals surface area contributed by atoms with Crippen LogP contribution >= 0.6 is 0 Å². The number of hydrogen-bond donors (Lipinski definition) is 2. The first-order chi connectivity index (χ1) is 16.1. The molecule has 3 aliphatic rings. The van der Waals surface area contributed by atoms with Gasteiger partial charge >= 0.3 is 0 Å². The molecule has 1 saturated carbocycles. The van der Waals surface area contributed by atoms with Crippen LogP contribution in [-0.2, 0) is 12.8 Å². The average Bonchev–Trinajstić information content (AvgIpc) is 3.31. The van der Waals surface area contributed by atoms with E-state index in [1.807, 2.05) is 0 Å². The molecule has 0 atom stereocenters. The summed E-state index contributed by atoms with van der Waals surface area (Å²) in [4.78, 5) is 24.4. The molecular formula is C25H33N5O3. The molecule has 0 bridgehead atoms. The molecule has 1 amide bonds. The summed E-state index contributed by atoms with van der Waals surface area (Å²) in [6.07, 6.45) is 8.81. The Balaban J connectivity index is 1.13. The Morgan fingerprint density at radius 1 is 1.06 bits per heavy atom. The van der Waals surface area contributed by atoms with Gasteiger partial charge in [0.15, 0.2) is 11.5 Å². The van der Waals surface area contributed by atoms with Crippen LogP contribution in [0.25, 0.3) is 0 Å². The van der Waals surface area contributed by atoms with Crippen LogP contribution in [0.3, 0.4) is 0 Å². The van der Waals surface area contributed by atoms with Gasteiger partial charge in [-0.1, -0.05) is 0 Å². The van der Waals surface area contributed by atoms with Crippen LogP contribution in [0.5, 0.6) is 11.5 Å². The van der Waals surface area contributed by atoms with E-state index in [9.17, 15) is 4.79 Å². The molecule has 1 fully saturated rings. The Morgan fingerprint density at radius 2 is 1.85 bits per heavy atom. The fourth-order valence-corrected chi connectivity index (χ4v) is 5.08. The molecule has 0 spiro atoms. The van der Waals surface area contributed by atoms with Crippen molar-refractivity contribution in [3.63, 3.8) is 0 Å². The maximum Gasteiger partial charge on any atom is 0.251 e. The summed E-state index contributed by atoms with van der Waals surface area (Å²) < 4.78 is 10.7. The summed E-state index contributed by atoms with van der Waals surface area (Å²) >= 11 is 0. The molecule has 8 heteroatoms. The Bertz CT molecular complexity index is 1020. The van der Waals surface area contributed by atoms with E-state index in [4.69, 9.17) is 19.4 Å². The van der Waals surface area contributed by atoms with E-state index in [1.54, 1.807) is 18.2 Å². The van der Waals surface area contributed by atoms with Crippen LogP contribution in [-0.4, -0.2) is 49.4 Å². The first-order valence-corrected chi connectivity index (χ1v) is 12.1. The Hall–Kier alpha value is -3.03. The van der Waals surface area contributed by atoms with Crippen molar-refractivity contribution < 1.29 is 14.3 Å². The Kier molecular flexibility index (Phi) is 6.24. The molecule has 1 aliphatic heterocycles. The van der Waals surface area contributed by atoms with Crippen molar-refractivity contribution in [2.75, 3.05) is 37.6 Å². The van der Waals surface area contributed by atoms with Crippen molar-refractivity contribution in [2.45, 2.75) is 57.4 Å². The molecule has 2 heterocycles. The molecule has 176 valence electrons. The quantitative estimate of drug-likeness (QED) is 0.694. The summed E-state index contributed by atoms with van der Waals surface area (Å²) in [6.45, 7) is 0.907. The van der Waals surface area contributed by atoms with E-state index in [0.717, 1.165) is 50.3 Å². The number of nitrogens with one attached hydrogen (secondary N) is 2. The van der Waals surface area contributed by atoms with Crippen LogP contribution in [0.15, 0.2) is 18.2 Å². The number of carbonyl (C=O) groups is 1. The van der Waals surface area contributed by atoms with E-state index in [-0.39, 0.29) is 12.7 Å². The fraction of sp³-hybridized carbons (Fsp3) is 0.560. The highest BCUT2D eigenvalue weighted by Gasteiger charge is 2.25. The molecule has 0 radical (unpaired) electrons. The molecule has 0 saturated heterocycles. The van der Waals surface area contributed by atoms with Gasteiger partial charge in [-0.25, -0.2) is 4.98 Å². The predicted octanol–water partition coefficient (Wildman–Crippen LogP) is 3.55. The molecule has 2 aromatic rings. The maximum atomic E-state index is 12.6. The van der Waals surface area contributed by atoms with E-state index in [0.29, 0.717) is 35.6 Å². The molecule has 33 heavy (non-hydrogen) atoms. The van der Waals surface area contributed by atoms with E-state index >= 15 is 0 Å². The molecule has 8 nitrogen and oxygen atoms in total. The molecule has 1 aromatic carbocycles. The molecule has 2 aliphatic carbocycles. The number of aromatic nitrogens is 2. The second kappa shape index (κ2) is 9.45. The van der Waals surface area contributed by atoms with Crippen molar-refractivity contribution >= 4 is 17.7 Å². The summed E-state index contributed by atoms with van der Waals surface area (Å²) in [5.74, 6) is 3.57. The highest BCUT2D eigenvalue weighted by Crippen LogP contribution is 2.33. The lowest BCUT2D eigenvalue weighted by Crippen LogP contribution is -2.34. The number of fused-ring (bicyclic) bond motifs is 2. The number of anilines is 2. The van der Waals surface area contributed by atoms with Crippen LogP contribution < -0.4 is 25.0 Å². The maximum absolute atomic E-state index is 12.6. The first kappa shape index (κ1) is 21.8. The van der Waals surface area contributed by atoms with Gasteiger partial charge in [0.25, 0.3) is 5.91 Å². The zero-order valence-corrected chi connectivity index (χ0v) is 19.5. The monoisotopic (exact) mass is 451 g/mol. The standard InChI is InChI=1S/C25H33N5O3/c1-30(2)23-19-5-3-4-6-20(19)28-25(29-23)27-18-10-7-16(8-11-18)14-26-24(31)17-9-12-21-22(13-17)33-15-32-21/h9,12-13,16,18H,3-8,10-11,14-15H2,1-2H3,(H,26,31)(H,27,28,29)/t16-,18+. The third-order valence-electron chi connectivity index (χ3n) is 6.95. The van der Waals surface area contributed by atoms with E-state index < -0.39 is 0 Å². The van der Waals surface area contributed by atoms with Gasteiger partial charge in [0.1, 0.15) is 5.82 Å². The van der Waals surface area contributed by atoms with Crippen molar-refractivity contribution in [2.24, 2.45) is 5.92 Å². The van der Waals surface area contributed by atoms with E-state index in [2.05, 4.69) is 29.6 Å². The lowest BCUT2D eigenvalue weighted by molar-refractivity contribution is 0.0943. The zero-order valence-electron chi connectivity index (χ0n) is 19.5. The number of amides is 1. The van der Waals surface area contributed by atoms with Gasteiger partial charge in [-0.05, 0) is 75.5 Å². The molecule has 1 aromatic heterocycles. The van der Waals surface area contributed by atoms with Gasteiger partial charge in [-0.3, -0.25) is 4.79 Å². The number of carbonyl (C=O) groups excluding carboxylic acids is 1. The topological polar surface area (TPSA) is 88.6 Å². The lowest BCUT2D eigenvalue weighted by atomic mass is 9.86. The molecule has 5 rings (SSSR count). The first-order valence-electron chi connectivity index (χ1n) is 12.1. The van der Waals surface area contributed by atoms with Gasteiger partial charge in [0.2, 0.25) is 12.7 Å². The van der Waals surface area contributed by atoms with Gasteiger partial charge in [-0.15, -0.1) is 0 Å². The van der Waals surface area contributed by atoms with Crippen LogP contribution in [0, 0.1) is 5.92 Å². The number of hydrogen-bond acceptors (Lipinski definition) is 7. The fourth-order valence-electron chi connectivity index (χ4n) is 5.08. The summed E-state index contributed by atoms with van der Waals surface area (Å²) in [7, 11) is 4.12. The van der Waals surface area contributed by atoms with Crippen molar-refractivity contribution in [3.8, 4) is 11.5 Å². The van der Waals surface area contributed by atoms with Crippen molar-refractivity contribution in [1.82, 2.24) is 15.3 Å². The molecule has 2 N–H and O–H groups in total. The van der Waals surface area contributed by atoms with Gasteiger partial charge in [-0.2, -0.15) is 4.98 Å². The van der Waals surface area contributed by atoms with Gasteiger partial charge in [0.05, 0.1) is 5.69 Å². The number of ether oxygens (including phenoxy) is 2. The number of benzene rings is 1. The summed E-state index contributed by atoms with van der Waals surface area (Å²) in [6, 6.07) is 5.70. The average molecular weight is 452 g/mol. The lowest BCUT2D eigenvalue weighted by Gasteiger charge is -2.30. The highest BCUT2D eigenvalue weighted by atomic mass is 16.7. The van der Waals surface area contributed by atoms with Gasteiger partial charge in [0, 0.05) is 37.8 Å². The minimum Gasteiger partial charge on any atom is -0.454 e. The Morgan fingerprint density at radius 3 is 2.67 bits per heavy atom.